The number of halogens is 5. The molecule has 0 radical (unpaired) electrons. The molecule has 18 heavy (non-hydrogen) atoms. The van der Waals surface area contributed by atoms with Gasteiger partial charge in [0.1, 0.15) is 0 Å². The van der Waals surface area contributed by atoms with Gasteiger partial charge in [-0.2, -0.15) is 0 Å². The summed E-state index contributed by atoms with van der Waals surface area (Å²) in [4.78, 5) is 0. The molecule has 2 rings (SSSR count). The molecule has 0 fully saturated rings. The zero-order chi connectivity index (χ0) is 13.3. The van der Waals surface area contributed by atoms with E-state index in [0.29, 0.717) is 10.0 Å². The van der Waals surface area contributed by atoms with Crippen molar-refractivity contribution in [2.24, 2.45) is 0 Å². The Morgan fingerprint density at radius 3 is 2.06 bits per heavy atom. The summed E-state index contributed by atoms with van der Waals surface area (Å²) in [6, 6.07) is 9.71. The van der Waals surface area contributed by atoms with Gasteiger partial charge in [0.2, 0.25) is 0 Å². The zero-order valence-corrected chi connectivity index (χ0v) is 15.3. The van der Waals surface area contributed by atoms with Crippen LogP contribution in [-0.4, -0.2) is 0 Å². The van der Waals surface area contributed by atoms with E-state index in [1.807, 2.05) is 12.1 Å². The highest BCUT2D eigenvalue weighted by Gasteiger charge is 2.07. The van der Waals surface area contributed by atoms with Gasteiger partial charge in [-0.1, -0.05) is 29.3 Å². The third kappa shape index (κ3) is 3.51. The molecule has 0 spiro atoms. The molecule has 0 heterocycles. The third-order valence-electron chi connectivity index (χ3n) is 2.45. The van der Waals surface area contributed by atoms with Gasteiger partial charge >= 0.3 is 0 Å². The molecule has 0 saturated carbocycles. The Labute approximate surface area is 141 Å². The van der Waals surface area contributed by atoms with Gasteiger partial charge in [0.15, 0.2) is 0 Å². The Morgan fingerprint density at radius 2 is 1.50 bits per heavy atom. The van der Waals surface area contributed by atoms with Gasteiger partial charge < -0.3 is 0 Å². The molecular formula is C13H7Br3Cl2. The van der Waals surface area contributed by atoms with Crippen molar-refractivity contribution in [3.63, 3.8) is 0 Å². The van der Waals surface area contributed by atoms with E-state index in [-0.39, 0.29) is 0 Å². The molecule has 0 nitrogen and oxygen atoms in total. The van der Waals surface area contributed by atoms with Gasteiger partial charge in [-0.05, 0) is 89.6 Å². The van der Waals surface area contributed by atoms with Gasteiger partial charge in [0.25, 0.3) is 0 Å². The first-order valence-electron chi connectivity index (χ1n) is 5.04. The molecule has 0 unspecified atom stereocenters. The van der Waals surface area contributed by atoms with Gasteiger partial charge in [-0.25, -0.2) is 0 Å². The van der Waals surface area contributed by atoms with E-state index >= 15 is 0 Å². The predicted octanol–water partition coefficient (Wildman–Crippen LogP) is 6.87. The van der Waals surface area contributed by atoms with Crippen LogP contribution in [0, 0.1) is 0 Å². The summed E-state index contributed by atoms with van der Waals surface area (Å²) < 4.78 is 3.03. The van der Waals surface area contributed by atoms with Crippen molar-refractivity contribution in [1.82, 2.24) is 0 Å². The minimum atomic E-state index is 0.655. The van der Waals surface area contributed by atoms with Crippen molar-refractivity contribution < 1.29 is 0 Å². The molecule has 5 heteroatoms. The molecule has 0 amide bonds. The predicted molar refractivity (Wildman–Crippen MR) is 88.8 cm³/mol. The van der Waals surface area contributed by atoms with Crippen LogP contribution in [0.3, 0.4) is 0 Å². The van der Waals surface area contributed by atoms with Crippen molar-refractivity contribution in [2.45, 2.75) is 6.42 Å². The standard InChI is InChI=1S/C13H7Br3Cl2/c14-10-4-7(5-11(15)13(10)16)3-8-1-2-9(17)6-12(8)18/h1-2,4-6H,3H2. The minimum Gasteiger partial charge on any atom is -0.0843 e. The summed E-state index contributed by atoms with van der Waals surface area (Å²) in [5, 5.41) is 1.35. The lowest BCUT2D eigenvalue weighted by Gasteiger charge is -2.08. The van der Waals surface area contributed by atoms with E-state index in [9.17, 15) is 0 Å². The van der Waals surface area contributed by atoms with Crippen LogP contribution < -0.4 is 0 Å². The average Bonchev–Trinajstić information content (AvgIpc) is 2.29. The molecule has 0 atom stereocenters. The van der Waals surface area contributed by atoms with E-state index in [1.54, 1.807) is 6.07 Å². The summed E-state index contributed by atoms with van der Waals surface area (Å²) in [5.74, 6) is 0. The number of hydrogen-bond donors (Lipinski definition) is 0. The fourth-order valence-electron chi connectivity index (χ4n) is 1.60. The fraction of sp³-hybridized carbons (Fsp3) is 0.0769. The summed E-state index contributed by atoms with van der Waals surface area (Å²) in [6.07, 6.45) is 0.764. The molecule has 94 valence electrons. The Balaban J connectivity index is 2.34. The molecular weight excluding hydrogens is 467 g/mol. The van der Waals surface area contributed by atoms with Crippen LogP contribution in [0.2, 0.25) is 10.0 Å². The van der Waals surface area contributed by atoms with Crippen LogP contribution in [0.1, 0.15) is 11.1 Å². The van der Waals surface area contributed by atoms with Gasteiger partial charge in [-0.3, -0.25) is 0 Å². The van der Waals surface area contributed by atoms with Crippen LogP contribution in [0.25, 0.3) is 0 Å². The van der Waals surface area contributed by atoms with Crippen molar-refractivity contribution in [2.75, 3.05) is 0 Å². The lowest BCUT2D eigenvalue weighted by Crippen LogP contribution is -1.90. The monoisotopic (exact) mass is 470 g/mol. The smallest absolute Gasteiger partial charge is 0.0459 e. The van der Waals surface area contributed by atoms with Crippen LogP contribution in [0.15, 0.2) is 43.7 Å². The number of rotatable bonds is 2. The first-order chi connectivity index (χ1) is 8.47. The lowest BCUT2D eigenvalue weighted by atomic mass is 10.1. The molecule has 2 aromatic carbocycles. The molecule has 2 aromatic rings. The minimum absolute atomic E-state index is 0.655. The van der Waals surface area contributed by atoms with Crippen LogP contribution in [0.4, 0.5) is 0 Å². The van der Waals surface area contributed by atoms with E-state index < -0.39 is 0 Å². The fourth-order valence-corrected chi connectivity index (χ4v) is 3.58. The Morgan fingerprint density at radius 1 is 0.889 bits per heavy atom. The van der Waals surface area contributed by atoms with Gasteiger partial charge in [0.05, 0.1) is 0 Å². The van der Waals surface area contributed by atoms with E-state index in [1.165, 1.54) is 5.56 Å². The maximum atomic E-state index is 6.17. The van der Waals surface area contributed by atoms with Crippen molar-refractivity contribution >= 4 is 71.0 Å². The van der Waals surface area contributed by atoms with Crippen molar-refractivity contribution in [1.29, 1.82) is 0 Å². The zero-order valence-electron chi connectivity index (χ0n) is 8.98. The maximum absolute atomic E-state index is 6.17. The molecule has 0 aromatic heterocycles. The van der Waals surface area contributed by atoms with Crippen LogP contribution >= 0.6 is 71.0 Å². The summed E-state index contributed by atoms with van der Waals surface area (Å²) in [6.45, 7) is 0. The van der Waals surface area contributed by atoms with Gasteiger partial charge in [-0.15, -0.1) is 0 Å². The third-order valence-corrected chi connectivity index (χ3v) is 6.21. The van der Waals surface area contributed by atoms with E-state index in [0.717, 1.165) is 25.4 Å². The molecule has 0 aliphatic rings. The SMILES string of the molecule is Clc1ccc(Cc2cc(Br)c(Br)c(Br)c2)c(Cl)c1. The quantitative estimate of drug-likeness (QED) is 0.417. The normalized spacial score (nSPS) is 10.7. The highest BCUT2D eigenvalue weighted by atomic mass is 79.9. The van der Waals surface area contributed by atoms with E-state index in [4.69, 9.17) is 23.2 Å². The largest absolute Gasteiger partial charge is 0.0843 e. The number of benzene rings is 2. The van der Waals surface area contributed by atoms with Gasteiger partial charge in [0, 0.05) is 23.5 Å². The topological polar surface area (TPSA) is 0 Å². The molecule has 0 saturated heterocycles. The Bertz CT molecular complexity index is 574. The summed E-state index contributed by atoms with van der Waals surface area (Å²) >= 11 is 22.6. The molecule has 0 N–H and O–H groups in total. The first kappa shape index (κ1) is 14.9. The lowest BCUT2D eigenvalue weighted by molar-refractivity contribution is 1.18. The van der Waals surface area contributed by atoms with Crippen molar-refractivity contribution in [3.05, 3.63) is 64.9 Å². The second kappa shape index (κ2) is 6.27. The highest BCUT2D eigenvalue weighted by molar-refractivity contribution is 9.14. The Kier molecular flexibility index (Phi) is 5.18. The average molecular weight is 474 g/mol. The second-order valence-electron chi connectivity index (χ2n) is 3.79. The first-order valence-corrected chi connectivity index (χ1v) is 8.18. The molecule has 0 aliphatic carbocycles. The second-order valence-corrected chi connectivity index (χ2v) is 7.13. The van der Waals surface area contributed by atoms with Crippen molar-refractivity contribution in [3.8, 4) is 0 Å². The van der Waals surface area contributed by atoms with Crippen LogP contribution in [0.5, 0.6) is 0 Å². The molecule has 0 bridgehead atoms. The Hall–Kier alpha value is 0.460. The summed E-state index contributed by atoms with van der Waals surface area (Å²) in [7, 11) is 0. The van der Waals surface area contributed by atoms with Crippen LogP contribution in [-0.2, 0) is 6.42 Å². The maximum Gasteiger partial charge on any atom is 0.0459 e. The number of hydrogen-bond acceptors (Lipinski definition) is 0. The highest BCUT2D eigenvalue weighted by Crippen LogP contribution is 2.33. The van der Waals surface area contributed by atoms with E-state index in [2.05, 4.69) is 59.9 Å². The summed E-state index contributed by atoms with van der Waals surface area (Å²) in [5.41, 5.74) is 2.23. The molecule has 0 aliphatic heterocycles.